The molecule has 4 aliphatic rings. The Kier molecular flexibility index (Phi) is 6.10. The number of fused-ring (bicyclic) bond motifs is 5. The van der Waals surface area contributed by atoms with Crippen molar-refractivity contribution in [2.45, 2.75) is 77.0 Å². The van der Waals surface area contributed by atoms with E-state index in [4.69, 9.17) is 5.73 Å². The van der Waals surface area contributed by atoms with E-state index < -0.39 is 24.0 Å². The van der Waals surface area contributed by atoms with Crippen molar-refractivity contribution in [3.8, 4) is 0 Å². The highest BCUT2D eigenvalue weighted by Gasteiger charge is 2.57. The zero-order chi connectivity index (χ0) is 23.3. The summed E-state index contributed by atoms with van der Waals surface area (Å²) in [7, 11) is 0. The number of nitrogens with two attached hydrogens (primary N) is 1. The van der Waals surface area contributed by atoms with Gasteiger partial charge in [-0.3, -0.25) is 9.79 Å². The van der Waals surface area contributed by atoms with E-state index in [2.05, 4.69) is 18.0 Å². The second kappa shape index (κ2) is 8.30. The maximum Gasteiger partial charge on any atom is 0.432 e. The summed E-state index contributed by atoms with van der Waals surface area (Å²) in [5.74, 6) is 1.67. The lowest BCUT2D eigenvalue weighted by Gasteiger charge is -2.54. The molecule has 0 bridgehead atoms. The number of alkyl halides is 3. The van der Waals surface area contributed by atoms with Crippen molar-refractivity contribution in [2.24, 2.45) is 45.7 Å². The van der Waals surface area contributed by atoms with Gasteiger partial charge in [-0.25, -0.2) is 0 Å². The summed E-state index contributed by atoms with van der Waals surface area (Å²) in [6, 6.07) is 0. The van der Waals surface area contributed by atoms with E-state index in [0.29, 0.717) is 29.7 Å². The average molecular weight is 453 g/mol. The number of carbonyl (C=O) groups excluding carboxylic acids is 1. The van der Waals surface area contributed by atoms with Crippen molar-refractivity contribution in [3.63, 3.8) is 0 Å². The summed E-state index contributed by atoms with van der Waals surface area (Å²) in [6.07, 6.45) is 6.55. The van der Waals surface area contributed by atoms with E-state index in [0.717, 1.165) is 57.6 Å². The summed E-state index contributed by atoms with van der Waals surface area (Å²) >= 11 is 0. The molecule has 4 aliphatic carbocycles. The van der Waals surface area contributed by atoms with Crippen LogP contribution in [0.3, 0.4) is 0 Å². The van der Waals surface area contributed by atoms with Crippen LogP contribution < -0.4 is 5.73 Å². The second-order valence-corrected chi connectivity index (χ2v) is 11.0. The van der Waals surface area contributed by atoms with Crippen LogP contribution >= 0.6 is 0 Å². The molecular weight excluding hydrogens is 417 g/mol. The minimum Gasteiger partial charge on any atom is -0.405 e. The van der Waals surface area contributed by atoms with Gasteiger partial charge in [0.15, 0.2) is 5.78 Å². The lowest BCUT2D eigenvalue weighted by molar-refractivity contribution is -0.127. The molecule has 0 aromatic rings. The summed E-state index contributed by atoms with van der Waals surface area (Å²) < 4.78 is 39.2. The first-order valence-corrected chi connectivity index (χ1v) is 11.9. The highest BCUT2D eigenvalue weighted by molar-refractivity contribution is 6.00. The van der Waals surface area contributed by atoms with E-state index in [1.807, 2.05) is 6.92 Å². The van der Waals surface area contributed by atoms with E-state index in [1.165, 1.54) is 5.57 Å². The molecule has 7 heteroatoms. The minimum atomic E-state index is -4.62. The number of aliphatic hydroxyl groups is 1. The average Bonchev–Trinajstić information content (AvgIpc) is 3.06. The van der Waals surface area contributed by atoms with Crippen LogP contribution in [0, 0.1) is 35.0 Å². The number of hydrogen-bond donors (Lipinski definition) is 2. The molecule has 0 aliphatic heterocycles. The number of Topliss-reactive ketones (excluding diaryl/α,β-unsaturated/α-hetero) is 1. The van der Waals surface area contributed by atoms with Crippen LogP contribution in [0.25, 0.3) is 0 Å². The summed E-state index contributed by atoms with van der Waals surface area (Å²) in [6.45, 7) is 3.67. The van der Waals surface area contributed by atoms with Gasteiger partial charge in [0.2, 0.25) is 0 Å². The van der Waals surface area contributed by atoms with Gasteiger partial charge in [-0.15, -0.1) is 0 Å². The second-order valence-electron chi connectivity index (χ2n) is 11.0. The van der Waals surface area contributed by atoms with Crippen LogP contribution in [0.5, 0.6) is 0 Å². The molecule has 0 radical (unpaired) electrons. The Morgan fingerprint density at radius 2 is 1.97 bits per heavy atom. The van der Waals surface area contributed by atoms with Crippen molar-refractivity contribution < 1.29 is 23.1 Å². The molecule has 1 unspecified atom stereocenters. The number of ketones is 1. The summed E-state index contributed by atoms with van der Waals surface area (Å²) in [5.41, 5.74) is 4.67. The Bertz CT molecular complexity index is 845. The number of hydrogen-bond acceptors (Lipinski definition) is 4. The zero-order valence-electron chi connectivity index (χ0n) is 19.0. The van der Waals surface area contributed by atoms with Gasteiger partial charge in [-0.2, -0.15) is 13.2 Å². The maximum atomic E-state index is 13.1. The van der Waals surface area contributed by atoms with Crippen LogP contribution in [0.2, 0.25) is 0 Å². The Morgan fingerprint density at radius 3 is 2.66 bits per heavy atom. The van der Waals surface area contributed by atoms with Gasteiger partial charge in [0.1, 0.15) is 5.71 Å². The van der Waals surface area contributed by atoms with E-state index >= 15 is 0 Å². The highest BCUT2D eigenvalue weighted by Crippen LogP contribution is 2.63. The number of aliphatic imine (C=N–C) groups is 1. The van der Waals surface area contributed by atoms with Crippen LogP contribution in [-0.4, -0.2) is 34.9 Å². The first-order chi connectivity index (χ1) is 15.0. The third kappa shape index (κ3) is 4.17. The number of allylic oxidation sites excluding steroid dienone is 2. The summed E-state index contributed by atoms with van der Waals surface area (Å²) in [4.78, 5) is 16.6. The lowest BCUT2D eigenvalue weighted by atomic mass is 9.51. The van der Waals surface area contributed by atoms with Crippen molar-refractivity contribution in [1.82, 2.24) is 0 Å². The number of carbonyl (C=O) groups is 1. The fourth-order valence-corrected chi connectivity index (χ4v) is 7.60. The summed E-state index contributed by atoms with van der Waals surface area (Å²) in [5, 5.41) is 10.5. The number of rotatable bonds is 4. The fraction of sp³-hybridized carbons (Fsp3) is 0.760. The van der Waals surface area contributed by atoms with E-state index in [-0.39, 0.29) is 17.1 Å². The van der Waals surface area contributed by atoms with E-state index in [9.17, 15) is 23.1 Å². The molecule has 3 fully saturated rings. The van der Waals surface area contributed by atoms with Gasteiger partial charge in [-0.1, -0.05) is 18.6 Å². The first-order valence-electron chi connectivity index (χ1n) is 11.9. The Balaban J connectivity index is 1.49. The molecule has 4 rings (SSSR count). The van der Waals surface area contributed by atoms with Crippen LogP contribution in [-0.2, 0) is 4.79 Å². The molecule has 0 spiro atoms. The predicted octanol–water partition coefficient (Wildman–Crippen LogP) is 4.97. The minimum absolute atomic E-state index is 0.165. The maximum absolute atomic E-state index is 13.1. The Labute approximate surface area is 188 Å². The monoisotopic (exact) mass is 452 g/mol. The van der Waals surface area contributed by atoms with Gasteiger partial charge in [0, 0.05) is 5.92 Å². The molecule has 3 saturated carbocycles. The lowest BCUT2D eigenvalue weighted by Crippen LogP contribution is -2.48. The number of halogens is 3. The fourth-order valence-electron chi connectivity index (χ4n) is 7.60. The third-order valence-electron chi connectivity index (χ3n) is 9.06. The van der Waals surface area contributed by atoms with E-state index in [1.54, 1.807) is 0 Å². The molecule has 7 atom stereocenters. The molecule has 0 heterocycles. The Hall–Kier alpha value is -1.63. The Morgan fingerprint density at radius 1 is 1.22 bits per heavy atom. The molecule has 32 heavy (non-hydrogen) atoms. The predicted molar refractivity (Wildman–Crippen MR) is 118 cm³/mol. The van der Waals surface area contributed by atoms with Crippen molar-refractivity contribution in [2.75, 3.05) is 6.54 Å². The molecule has 0 saturated heterocycles. The van der Waals surface area contributed by atoms with Gasteiger partial charge in [0.25, 0.3) is 0 Å². The molecule has 0 amide bonds. The zero-order valence-corrected chi connectivity index (χ0v) is 19.0. The highest BCUT2D eigenvalue weighted by atomic mass is 19.4. The standard InChI is InChI=1S/C25H35F3N2O2/c1-23(32)10-7-16-15(13-23)3-4-18-17(16)8-11-24(2)19(18)5-6-20(24)21(31)14-30-22(9-12-29)25(26,27)28/h3,9,12,16-20,32H,4-8,10-11,13-14,29H2,1-2H3/t16-,17+,18+,19-,20+,23?,24-/m0/s1. The quantitative estimate of drug-likeness (QED) is 0.467. The van der Waals surface area contributed by atoms with Crippen molar-refractivity contribution in [3.05, 3.63) is 23.9 Å². The third-order valence-corrected chi connectivity index (χ3v) is 9.06. The normalized spacial score (nSPS) is 42.2. The van der Waals surface area contributed by atoms with Crippen LogP contribution in [0.15, 0.2) is 28.9 Å². The van der Waals surface area contributed by atoms with Gasteiger partial charge in [0.05, 0.1) is 12.1 Å². The largest absolute Gasteiger partial charge is 0.432 e. The van der Waals surface area contributed by atoms with Gasteiger partial charge in [-0.05, 0) is 99.7 Å². The van der Waals surface area contributed by atoms with Gasteiger partial charge < -0.3 is 10.8 Å². The smallest absolute Gasteiger partial charge is 0.405 e. The molecule has 3 N–H and O–H groups in total. The molecule has 0 aromatic carbocycles. The number of nitrogens with zero attached hydrogens (tertiary/aromatic N) is 1. The molecular formula is C25H35F3N2O2. The van der Waals surface area contributed by atoms with Crippen molar-refractivity contribution >= 4 is 11.5 Å². The van der Waals surface area contributed by atoms with Crippen LogP contribution in [0.1, 0.15) is 65.2 Å². The SMILES string of the molecule is CC1(O)CC[C@H]2C(=CC[C@@H]3[C@@H]2CC[C@]2(C)[C@@H](C(=O)CN=C(C=CN)C(F)(F)F)CC[C@@H]32)C1. The molecule has 4 nitrogen and oxygen atoms in total. The molecule has 0 aromatic heterocycles. The topological polar surface area (TPSA) is 75.7 Å². The van der Waals surface area contributed by atoms with Crippen LogP contribution in [0.4, 0.5) is 13.2 Å². The van der Waals surface area contributed by atoms with Gasteiger partial charge >= 0.3 is 6.18 Å². The first kappa shape index (κ1) is 23.5. The van der Waals surface area contributed by atoms with Crippen molar-refractivity contribution in [1.29, 1.82) is 0 Å². The molecule has 178 valence electrons.